The summed E-state index contributed by atoms with van der Waals surface area (Å²) < 4.78 is 39.4. The normalized spacial score (nSPS) is 11.7. The summed E-state index contributed by atoms with van der Waals surface area (Å²) in [7, 11) is 0. The van der Waals surface area contributed by atoms with Crippen LogP contribution in [0, 0.1) is 0 Å². The molecular formula is C15H8ClF3N2OS. The zero-order chi connectivity index (χ0) is 16.6. The first-order chi connectivity index (χ1) is 10.9. The summed E-state index contributed by atoms with van der Waals surface area (Å²) in [6, 6.07) is 8.30. The number of alkyl halides is 3. The monoisotopic (exact) mass is 356 g/mol. The number of nitrogens with one attached hydrogen (secondary N) is 1. The van der Waals surface area contributed by atoms with Crippen molar-refractivity contribution in [3.05, 3.63) is 58.1 Å². The molecule has 0 radical (unpaired) electrons. The number of aromatic nitrogens is 1. The summed E-state index contributed by atoms with van der Waals surface area (Å²) in [6.07, 6.45) is -4.62. The predicted molar refractivity (Wildman–Crippen MR) is 84.0 cm³/mol. The van der Waals surface area contributed by atoms with E-state index in [-0.39, 0.29) is 5.56 Å². The van der Waals surface area contributed by atoms with Crippen molar-refractivity contribution in [1.29, 1.82) is 0 Å². The van der Waals surface area contributed by atoms with Crippen LogP contribution in [-0.2, 0) is 6.18 Å². The van der Waals surface area contributed by atoms with Crippen LogP contribution in [0.15, 0.2) is 41.9 Å². The molecule has 3 nitrogen and oxygen atoms in total. The number of rotatable bonds is 2. The SMILES string of the molecule is O=C(Nc1ccc2scnc2c1)c1cccc(C(F)(F)F)c1Cl. The minimum Gasteiger partial charge on any atom is -0.322 e. The molecule has 0 unspecified atom stereocenters. The second kappa shape index (κ2) is 5.82. The van der Waals surface area contributed by atoms with Crippen molar-refractivity contribution in [2.24, 2.45) is 0 Å². The van der Waals surface area contributed by atoms with Gasteiger partial charge in [-0.1, -0.05) is 17.7 Å². The van der Waals surface area contributed by atoms with E-state index in [4.69, 9.17) is 11.6 Å². The number of fused-ring (bicyclic) bond motifs is 1. The fourth-order valence-electron chi connectivity index (χ4n) is 2.06. The number of thiazole rings is 1. The highest BCUT2D eigenvalue weighted by atomic mass is 35.5. The molecule has 1 N–H and O–H groups in total. The molecule has 0 aliphatic rings. The Kier molecular flexibility index (Phi) is 3.99. The molecule has 1 heterocycles. The van der Waals surface area contributed by atoms with Crippen LogP contribution in [-0.4, -0.2) is 10.9 Å². The lowest BCUT2D eigenvalue weighted by Gasteiger charge is -2.12. The van der Waals surface area contributed by atoms with Crippen molar-refractivity contribution >= 4 is 44.7 Å². The molecule has 3 aromatic rings. The molecule has 0 saturated carbocycles. The van der Waals surface area contributed by atoms with Gasteiger partial charge in [0.25, 0.3) is 5.91 Å². The average molecular weight is 357 g/mol. The lowest BCUT2D eigenvalue weighted by molar-refractivity contribution is -0.137. The van der Waals surface area contributed by atoms with Crippen LogP contribution in [0.25, 0.3) is 10.2 Å². The first kappa shape index (κ1) is 15.8. The Labute approximate surface area is 137 Å². The lowest BCUT2D eigenvalue weighted by Crippen LogP contribution is -2.15. The molecule has 0 fully saturated rings. The number of carbonyl (C=O) groups excluding carboxylic acids is 1. The molecule has 0 bridgehead atoms. The molecule has 0 atom stereocenters. The summed E-state index contributed by atoms with van der Waals surface area (Å²) in [4.78, 5) is 16.3. The topological polar surface area (TPSA) is 42.0 Å². The maximum atomic E-state index is 12.8. The number of hydrogen-bond donors (Lipinski definition) is 1. The second-order valence-electron chi connectivity index (χ2n) is 4.65. The highest BCUT2D eigenvalue weighted by molar-refractivity contribution is 7.16. The number of anilines is 1. The summed E-state index contributed by atoms with van der Waals surface area (Å²) in [5.41, 5.74) is 1.52. The molecule has 1 amide bonds. The van der Waals surface area contributed by atoms with Crippen LogP contribution < -0.4 is 5.32 Å². The van der Waals surface area contributed by atoms with Gasteiger partial charge in [0.15, 0.2) is 0 Å². The van der Waals surface area contributed by atoms with Crippen LogP contribution >= 0.6 is 22.9 Å². The predicted octanol–water partition coefficient (Wildman–Crippen LogP) is 5.22. The third-order valence-electron chi connectivity index (χ3n) is 3.14. The van der Waals surface area contributed by atoms with E-state index in [0.717, 1.165) is 16.8 Å². The van der Waals surface area contributed by atoms with E-state index in [9.17, 15) is 18.0 Å². The molecule has 0 aliphatic heterocycles. The molecule has 0 spiro atoms. The van der Waals surface area contributed by atoms with E-state index >= 15 is 0 Å². The van der Waals surface area contributed by atoms with E-state index in [0.29, 0.717) is 11.2 Å². The Balaban J connectivity index is 1.91. The van der Waals surface area contributed by atoms with Crippen molar-refractivity contribution in [1.82, 2.24) is 4.98 Å². The summed E-state index contributed by atoms with van der Waals surface area (Å²) in [6.45, 7) is 0. The van der Waals surface area contributed by atoms with Gasteiger partial charge < -0.3 is 5.32 Å². The molecule has 118 valence electrons. The number of halogens is 4. The number of amides is 1. The first-order valence-corrected chi connectivity index (χ1v) is 7.62. The molecule has 2 aromatic carbocycles. The van der Waals surface area contributed by atoms with Crippen LogP contribution in [0.5, 0.6) is 0 Å². The maximum absolute atomic E-state index is 12.8. The van der Waals surface area contributed by atoms with Gasteiger partial charge in [-0.2, -0.15) is 13.2 Å². The van der Waals surface area contributed by atoms with E-state index in [2.05, 4.69) is 10.3 Å². The molecule has 3 rings (SSSR count). The van der Waals surface area contributed by atoms with E-state index in [1.807, 2.05) is 0 Å². The van der Waals surface area contributed by atoms with Crippen molar-refractivity contribution in [3.63, 3.8) is 0 Å². The molecule has 0 saturated heterocycles. The van der Waals surface area contributed by atoms with Crippen LogP contribution in [0.1, 0.15) is 15.9 Å². The fourth-order valence-corrected chi connectivity index (χ4v) is 3.04. The molecule has 23 heavy (non-hydrogen) atoms. The quantitative estimate of drug-likeness (QED) is 0.684. The van der Waals surface area contributed by atoms with Gasteiger partial charge in [-0.05, 0) is 30.3 Å². The van der Waals surface area contributed by atoms with E-state index in [1.165, 1.54) is 17.4 Å². The first-order valence-electron chi connectivity index (χ1n) is 6.36. The van der Waals surface area contributed by atoms with Gasteiger partial charge in [-0.3, -0.25) is 4.79 Å². The lowest BCUT2D eigenvalue weighted by atomic mass is 10.1. The van der Waals surface area contributed by atoms with E-state index in [1.54, 1.807) is 23.7 Å². The Morgan fingerprint density at radius 2 is 2.00 bits per heavy atom. The second-order valence-corrected chi connectivity index (χ2v) is 5.92. The highest BCUT2D eigenvalue weighted by Crippen LogP contribution is 2.36. The van der Waals surface area contributed by atoms with Crippen LogP contribution in [0.2, 0.25) is 5.02 Å². The molecule has 8 heteroatoms. The van der Waals surface area contributed by atoms with Crippen molar-refractivity contribution in [3.8, 4) is 0 Å². The average Bonchev–Trinajstić information content (AvgIpc) is 2.93. The van der Waals surface area contributed by atoms with Crippen molar-refractivity contribution in [2.75, 3.05) is 5.32 Å². The van der Waals surface area contributed by atoms with Crippen molar-refractivity contribution < 1.29 is 18.0 Å². The number of hydrogen-bond acceptors (Lipinski definition) is 3. The van der Waals surface area contributed by atoms with Crippen molar-refractivity contribution in [2.45, 2.75) is 6.18 Å². The molecule has 1 aromatic heterocycles. The Bertz CT molecular complexity index is 892. The third-order valence-corrected chi connectivity index (χ3v) is 4.35. The number of benzene rings is 2. The fraction of sp³-hybridized carbons (Fsp3) is 0.0667. The smallest absolute Gasteiger partial charge is 0.322 e. The largest absolute Gasteiger partial charge is 0.417 e. The van der Waals surface area contributed by atoms with Crippen LogP contribution in [0.3, 0.4) is 0 Å². The highest BCUT2D eigenvalue weighted by Gasteiger charge is 2.34. The van der Waals surface area contributed by atoms with Gasteiger partial charge in [-0.25, -0.2) is 4.98 Å². The Hall–Kier alpha value is -2.12. The zero-order valence-corrected chi connectivity index (χ0v) is 12.9. The van der Waals surface area contributed by atoms with Gasteiger partial charge in [0, 0.05) is 5.69 Å². The van der Waals surface area contributed by atoms with E-state index < -0.39 is 22.7 Å². The summed E-state index contributed by atoms with van der Waals surface area (Å²) in [5, 5.41) is 1.92. The maximum Gasteiger partial charge on any atom is 0.417 e. The third kappa shape index (κ3) is 3.16. The van der Waals surface area contributed by atoms with Gasteiger partial charge in [-0.15, -0.1) is 11.3 Å². The van der Waals surface area contributed by atoms with Gasteiger partial charge >= 0.3 is 6.18 Å². The minimum absolute atomic E-state index is 0.236. The standard InChI is InChI=1S/C15H8ClF3N2OS/c16-13-9(2-1-3-10(13)15(17,18)19)14(22)21-8-4-5-12-11(6-8)20-7-23-12/h1-7H,(H,21,22). The summed E-state index contributed by atoms with van der Waals surface area (Å²) >= 11 is 7.19. The molecule has 0 aliphatic carbocycles. The molecular weight excluding hydrogens is 349 g/mol. The Morgan fingerprint density at radius 1 is 1.22 bits per heavy atom. The summed E-state index contributed by atoms with van der Waals surface area (Å²) in [5.74, 6) is -0.712. The number of carbonyl (C=O) groups is 1. The Morgan fingerprint density at radius 3 is 2.74 bits per heavy atom. The van der Waals surface area contributed by atoms with Gasteiger partial charge in [0.1, 0.15) is 0 Å². The van der Waals surface area contributed by atoms with Crippen LogP contribution in [0.4, 0.5) is 18.9 Å². The van der Waals surface area contributed by atoms with Gasteiger partial charge in [0.2, 0.25) is 0 Å². The minimum atomic E-state index is -4.62. The van der Waals surface area contributed by atoms with Gasteiger partial charge in [0.05, 0.1) is 31.9 Å². The number of nitrogens with zero attached hydrogens (tertiary/aromatic N) is 1. The zero-order valence-electron chi connectivity index (χ0n) is 11.3.